The van der Waals surface area contributed by atoms with Crippen LogP contribution >= 0.6 is 15.9 Å². The van der Waals surface area contributed by atoms with E-state index < -0.39 is 27.5 Å². The molecule has 0 bridgehead atoms. The zero-order chi connectivity index (χ0) is 17.1. The van der Waals surface area contributed by atoms with Crippen LogP contribution in [0.15, 0.2) is 35.3 Å². The number of alkyl halides is 3. The van der Waals surface area contributed by atoms with E-state index in [1.165, 1.54) is 6.07 Å². The molecule has 1 aromatic carbocycles. The van der Waals surface area contributed by atoms with Gasteiger partial charge >= 0.3 is 6.18 Å². The first-order valence-corrected chi connectivity index (χ1v) is 8.63. The Balaban J connectivity index is 3.17. The molecule has 22 heavy (non-hydrogen) atoms. The molecule has 0 saturated heterocycles. The molecule has 0 heterocycles. The Bertz CT molecular complexity index is 572. The van der Waals surface area contributed by atoms with Gasteiger partial charge in [-0.2, -0.15) is 13.2 Å². The first-order valence-electron chi connectivity index (χ1n) is 6.63. The first-order chi connectivity index (χ1) is 9.99. The first kappa shape index (κ1) is 19.4. The van der Waals surface area contributed by atoms with E-state index in [0.29, 0.717) is 17.3 Å². The van der Waals surface area contributed by atoms with Gasteiger partial charge < -0.3 is 0 Å². The van der Waals surface area contributed by atoms with Crippen molar-refractivity contribution >= 4 is 26.9 Å². The summed E-state index contributed by atoms with van der Waals surface area (Å²) in [7, 11) is -1.53. The molecule has 0 radical (unpaired) electrons. The Morgan fingerprint density at radius 1 is 1.41 bits per heavy atom. The van der Waals surface area contributed by atoms with Crippen LogP contribution in [-0.4, -0.2) is 8.96 Å². The Morgan fingerprint density at radius 3 is 2.41 bits per heavy atom. The number of hydrogen-bond donors (Lipinski definition) is 1. The van der Waals surface area contributed by atoms with Gasteiger partial charge in [0, 0.05) is 4.47 Å². The molecule has 124 valence electrons. The standard InChI is InChI=1S/C15H19BrF3NOS/c1-4-5-10(9-14(2,3)22(20)21)12-7-6-11(8-13(12)16)15(17,18)19/h4,6-8,10H,1,5,9,20H2,2-3H3/t10-,22?/m1/s1. The molecule has 0 aliphatic heterocycles. The van der Waals surface area contributed by atoms with Gasteiger partial charge in [-0.15, -0.1) is 6.58 Å². The second kappa shape index (κ2) is 7.27. The van der Waals surface area contributed by atoms with Crippen molar-refractivity contribution in [1.29, 1.82) is 0 Å². The second-order valence-electron chi connectivity index (χ2n) is 5.72. The van der Waals surface area contributed by atoms with E-state index in [1.54, 1.807) is 19.9 Å². The predicted octanol–water partition coefficient (Wildman–Crippen LogP) is 4.92. The number of allylic oxidation sites excluding steroid dienone is 1. The van der Waals surface area contributed by atoms with Crippen LogP contribution in [0, 0.1) is 0 Å². The molecule has 1 rings (SSSR count). The summed E-state index contributed by atoms with van der Waals surface area (Å²) in [4.78, 5) is 0. The van der Waals surface area contributed by atoms with Gasteiger partial charge in [0.2, 0.25) is 0 Å². The summed E-state index contributed by atoms with van der Waals surface area (Å²) < 4.78 is 49.5. The van der Waals surface area contributed by atoms with Gasteiger partial charge in [-0.05, 0) is 50.3 Å². The van der Waals surface area contributed by atoms with Crippen LogP contribution in [0.1, 0.15) is 43.7 Å². The van der Waals surface area contributed by atoms with Gasteiger partial charge in [0.15, 0.2) is 0 Å². The third kappa shape index (κ3) is 4.93. The molecule has 7 heteroatoms. The summed E-state index contributed by atoms with van der Waals surface area (Å²) in [6.07, 6.45) is -1.64. The number of rotatable bonds is 6. The molecule has 1 aromatic rings. The molecule has 0 saturated carbocycles. The lowest BCUT2D eigenvalue weighted by molar-refractivity contribution is -0.137. The van der Waals surface area contributed by atoms with Crippen molar-refractivity contribution in [2.45, 2.75) is 43.5 Å². The third-order valence-electron chi connectivity index (χ3n) is 3.50. The van der Waals surface area contributed by atoms with Crippen LogP contribution in [0.4, 0.5) is 13.2 Å². The molecule has 2 atom stereocenters. The highest BCUT2D eigenvalue weighted by Gasteiger charge is 2.33. The van der Waals surface area contributed by atoms with Gasteiger partial charge in [-0.25, -0.2) is 4.21 Å². The van der Waals surface area contributed by atoms with Crippen LogP contribution in [0.2, 0.25) is 0 Å². The summed E-state index contributed by atoms with van der Waals surface area (Å²) in [5, 5.41) is 5.50. The number of halogens is 4. The van der Waals surface area contributed by atoms with Crippen molar-refractivity contribution in [3.05, 3.63) is 46.5 Å². The van der Waals surface area contributed by atoms with Crippen LogP contribution in [0.25, 0.3) is 0 Å². The number of benzene rings is 1. The minimum absolute atomic E-state index is 0.114. The van der Waals surface area contributed by atoms with E-state index in [-0.39, 0.29) is 5.92 Å². The minimum atomic E-state index is -4.38. The third-order valence-corrected chi connectivity index (χ3v) is 5.44. The van der Waals surface area contributed by atoms with Crippen molar-refractivity contribution in [3.63, 3.8) is 0 Å². The van der Waals surface area contributed by atoms with Crippen molar-refractivity contribution < 1.29 is 17.4 Å². The lowest BCUT2D eigenvalue weighted by atomic mass is 9.87. The molecule has 1 unspecified atom stereocenters. The molecule has 0 aromatic heterocycles. The molecule has 0 amide bonds. The fourth-order valence-electron chi connectivity index (χ4n) is 2.23. The molecule has 0 aliphatic rings. The average Bonchev–Trinajstić information content (AvgIpc) is 2.36. The molecular formula is C15H19BrF3NOS. The van der Waals surface area contributed by atoms with Gasteiger partial charge in [-0.1, -0.05) is 28.1 Å². The van der Waals surface area contributed by atoms with Crippen molar-refractivity contribution in [3.8, 4) is 0 Å². The monoisotopic (exact) mass is 397 g/mol. The highest BCUT2D eigenvalue weighted by atomic mass is 79.9. The van der Waals surface area contributed by atoms with E-state index in [1.807, 2.05) is 0 Å². The van der Waals surface area contributed by atoms with Gasteiger partial charge in [0.25, 0.3) is 0 Å². The number of nitrogens with two attached hydrogens (primary N) is 1. The summed E-state index contributed by atoms with van der Waals surface area (Å²) in [6, 6.07) is 3.58. The Labute approximate surface area is 139 Å². The van der Waals surface area contributed by atoms with Gasteiger partial charge in [-0.3, -0.25) is 5.14 Å². The lowest BCUT2D eigenvalue weighted by Gasteiger charge is -2.28. The Hall–Kier alpha value is -0.660. The van der Waals surface area contributed by atoms with E-state index in [2.05, 4.69) is 22.5 Å². The largest absolute Gasteiger partial charge is 0.416 e. The summed E-state index contributed by atoms with van der Waals surface area (Å²) in [5.41, 5.74) is 0.0218. The Morgan fingerprint density at radius 2 is 2.00 bits per heavy atom. The maximum absolute atomic E-state index is 12.7. The predicted molar refractivity (Wildman–Crippen MR) is 87.7 cm³/mol. The van der Waals surface area contributed by atoms with Gasteiger partial charge in [0.05, 0.1) is 21.3 Å². The van der Waals surface area contributed by atoms with E-state index >= 15 is 0 Å². The molecule has 0 aliphatic carbocycles. The van der Waals surface area contributed by atoms with Crippen LogP contribution < -0.4 is 5.14 Å². The zero-order valence-corrected chi connectivity index (χ0v) is 14.8. The highest BCUT2D eigenvalue weighted by Crippen LogP contribution is 2.38. The maximum Gasteiger partial charge on any atom is 0.416 e. The fraction of sp³-hybridized carbons (Fsp3) is 0.467. The van der Waals surface area contributed by atoms with Crippen LogP contribution in [0.3, 0.4) is 0 Å². The quantitative estimate of drug-likeness (QED) is 0.680. The molecule has 2 N–H and O–H groups in total. The molecule has 0 spiro atoms. The zero-order valence-electron chi connectivity index (χ0n) is 12.4. The topological polar surface area (TPSA) is 43.1 Å². The number of hydrogen-bond acceptors (Lipinski definition) is 1. The summed E-state index contributed by atoms with van der Waals surface area (Å²) in [5.74, 6) is -0.114. The van der Waals surface area contributed by atoms with E-state index in [0.717, 1.165) is 17.7 Å². The van der Waals surface area contributed by atoms with E-state index in [9.17, 15) is 17.4 Å². The van der Waals surface area contributed by atoms with E-state index in [4.69, 9.17) is 5.14 Å². The Kier molecular flexibility index (Phi) is 6.41. The fourth-order valence-corrected chi connectivity index (χ4v) is 3.30. The maximum atomic E-state index is 12.7. The average molecular weight is 398 g/mol. The van der Waals surface area contributed by atoms with Crippen LogP contribution in [0.5, 0.6) is 0 Å². The second-order valence-corrected chi connectivity index (χ2v) is 8.27. The van der Waals surface area contributed by atoms with Gasteiger partial charge in [0.1, 0.15) is 0 Å². The molecular weight excluding hydrogens is 379 g/mol. The normalized spacial score (nSPS) is 15.4. The minimum Gasteiger partial charge on any atom is -0.251 e. The van der Waals surface area contributed by atoms with Crippen molar-refractivity contribution in [2.24, 2.45) is 5.14 Å². The summed E-state index contributed by atoms with van der Waals surface area (Å²) >= 11 is 3.21. The van der Waals surface area contributed by atoms with Crippen LogP contribution in [-0.2, 0) is 17.2 Å². The molecule has 2 nitrogen and oxygen atoms in total. The SMILES string of the molecule is C=CC[C@H](CC(C)(C)S(N)=O)c1ccc(C(F)(F)F)cc1Br. The smallest absolute Gasteiger partial charge is 0.251 e. The molecule has 0 fully saturated rings. The van der Waals surface area contributed by atoms with Crippen molar-refractivity contribution in [2.75, 3.05) is 0 Å². The summed E-state index contributed by atoms with van der Waals surface area (Å²) in [6.45, 7) is 7.23. The lowest BCUT2D eigenvalue weighted by Crippen LogP contribution is -2.33. The highest BCUT2D eigenvalue weighted by molar-refractivity contribution is 9.10. The van der Waals surface area contributed by atoms with Crippen molar-refractivity contribution in [1.82, 2.24) is 0 Å².